The van der Waals surface area contributed by atoms with E-state index >= 15 is 0 Å². The first-order chi connectivity index (χ1) is 11.2. The molecule has 2 fully saturated rings. The Morgan fingerprint density at radius 3 is 3.00 bits per heavy atom. The van der Waals surface area contributed by atoms with Crippen LogP contribution in [0.4, 0.5) is 4.79 Å². The van der Waals surface area contributed by atoms with Gasteiger partial charge >= 0.3 is 6.03 Å². The molecule has 0 aromatic carbocycles. The molecule has 0 unspecified atom stereocenters. The number of carbonyl (C=O) groups excluding carboxylic acids is 1. The minimum atomic E-state index is -0.136. The quantitative estimate of drug-likeness (QED) is 0.829. The Balaban J connectivity index is 1.58. The molecule has 1 aromatic heterocycles. The number of aryl methyl sites for hydroxylation is 1. The molecule has 2 amide bonds. The summed E-state index contributed by atoms with van der Waals surface area (Å²) < 4.78 is 12.8. The summed E-state index contributed by atoms with van der Waals surface area (Å²) in [6, 6.07) is -0.0694. The highest BCUT2D eigenvalue weighted by molar-refractivity contribution is 5.74. The zero-order valence-corrected chi connectivity index (χ0v) is 13.8. The van der Waals surface area contributed by atoms with Gasteiger partial charge in [-0.05, 0) is 31.6 Å². The molecule has 1 aliphatic carbocycles. The van der Waals surface area contributed by atoms with E-state index < -0.39 is 0 Å². The van der Waals surface area contributed by atoms with Crippen molar-refractivity contribution in [2.24, 2.45) is 13.0 Å². The first kappa shape index (κ1) is 16.3. The van der Waals surface area contributed by atoms with Gasteiger partial charge in [-0.25, -0.2) is 4.79 Å². The van der Waals surface area contributed by atoms with E-state index in [1.165, 1.54) is 12.8 Å². The van der Waals surface area contributed by atoms with Crippen molar-refractivity contribution < 1.29 is 14.3 Å². The molecule has 1 aliphatic heterocycles. The van der Waals surface area contributed by atoms with Gasteiger partial charge < -0.3 is 20.1 Å². The molecule has 2 heterocycles. The van der Waals surface area contributed by atoms with E-state index in [1.807, 2.05) is 13.2 Å². The lowest BCUT2D eigenvalue weighted by atomic mass is 9.98. The zero-order chi connectivity index (χ0) is 16.2. The number of carbonyl (C=O) groups is 1. The predicted molar refractivity (Wildman–Crippen MR) is 85.0 cm³/mol. The number of rotatable bonds is 6. The summed E-state index contributed by atoms with van der Waals surface area (Å²) in [7, 11) is 3.55. The smallest absolute Gasteiger partial charge is 0.315 e. The molecule has 3 rings (SSSR count). The molecule has 1 aromatic rings. The summed E-state index contributed by atoms with van der Waals surface area (Å²) in [6.07, 6.45) is 7.81. The minimum Gasteiger partial charge on any atom is -0.383 e. The van der Waals surface area contributed by atoms with E-state index in [0.717, 1.165) is 18.4 Å². The van der Waals surface area contributed by atoms with Crippen LogP contribution in [0.1, 0.15) is 37.4 Å². The maximum absolute atomic E-state index is 12.4. The Morgan fingerprint density at radius 1 is 1.52 bits per heavy atom. The minimum absolute atomic E-state index is 0.0321. The van der Waals surface area contributed by atoms with Crippen molar-refractivity contribution in [3.63, 3.8) is 0 Å². The lowest BCUT2D eigenvalue weighted by molar-refractivity contribution is -0.00766. The largest absolute Gasteiger partial charge is 0.383 e. The van der Waals surface area contributed by atoms with E-state index in [9.17, 15) is 4.79 Å². The van der Waals surface area contributed by atoms with E-state index in [0.29, 0.717) is 19.1 Å². The topological polar surface area (TPSA) is 77.4 Å². The van der Waals surface area contributed by atoms with E-state index in [4.69, 9.17) is 9.47 Å². The monoisotopic (exact) mass is 322 g/mol. The Morgan fingerprint density at radius 2 is 2.35 bits per heavy atom. The van der Waals surface area contributed by atoms with Gasteiger partial charge in [0.25, 0.3) is 0 Å². The fourth-order valence-corrected chi connectivity index (χ4v) is 3.20. The third-order valence-electron chi connectivity index (χ3n) is 4.55. The number of ether oxygens (including phenoxy) is 2. The summed E-state index contributed by atoms with van der Waals surface area (Å²) in [5.74, 6) is 0.553. The van der Waals surface area contributed by atoms with Gasteiger partial charge in [-0.3, -0.25) is 4.68 Å². The summed E-state index contributed by atoms with van der Waals surface area (Å²) in [5, 5.41) is 10.3. The number of hydrogen-bond donors (Lipinski definition) is 2. The normalized spacial score (nSPS) is 25.8. The predicted octanol–water partition coefficient (Wildman–Crippen LogP) is 1.36. The highest BCUT2D eigenvalue weighted by Crippen LogP contribution is 2.33. The van der Waals surface area contributed by atoms with Crippen LogP contribution >= 0.6 is 0 Å². The van der Waals surface area contributed by atoms with Gasteiger partial charge in [0, 0.05) is 32.5 Å². The maximum atomic E-state index is 12.4. The maximum Gasteiger partial charge on any atom is 0.315 e. The van der Waals surface area contributed by atoms with Gasteiger partial charge in [0.15, 0.2) is 0 Å². The van der Waals surface area contributed by atoms with Crippen LogP contribution in [0.3, 0.4) is 0 Å². The lowest BCUT2D eigenvalue weighted by Crippen LogP contribution is -2.51. The first-order valence-electron chi connectivity index (χ1n) is 8.33. The second kappa shape index (κ2) is 7.31. The summed E-state index contributed by atoms with van der Waals surface area (Å²) in [4.78, 5) is 12.4. The number of hydrogen-bond acceptors (Lipinski definition) is 4. The molecule has 7 heteroatoms. The van der Waals surface area contributed by atoms with Crippen molar-refractivity contribution >= 4 is 6.03 Å². The second-order valence-corrected chi connectivity index (χ2v) is 6.50. The summed E-state index contributed by atoms with van der Waals surface area (Å²) in [6.45, 7) is 1.28. The van der Waals surface area contributed by atoms with Crippen molar-refractivity contribution in [1.82, 2.24) is 20.4 Å². The molecule has 2 aliphatic rings. The average molecular weight is 322 g/mol. The summed E-state index contributed by atoms with van der Waals surface area (Å²) >= 11 is 0. The van der Waals surface area contributed by atoms with Crippen LogP contribution in [0.15, 0.2) is 12.4 Å². The molecular formula is C16H26N4O3. The van der Waals surface area contributed by atoms with Gasteiger partial charge in [0.05, 0.1) is 24.9 Å². The molecule has 0 spiro atoms. The Hall–Kier alpha value is -1.60. The van der Waals surface area contributed by atoms with Crippen LogP contribution in [0.2, 0.25) is 0 Å². The number of methoxy groups -OCH3 is 1. The zero-order valence-electron chi connectivity index (χ0n) is 13.8. The van der Waals surface area contributed by atoms with Crippen LogP contribution in [0, 0.1) is 5.92 Å². The standard InChI is InChI=1S/C16H26N4O3/c1-20-9-12(8-17-20)15-13(4-3-7-23-15)18-16(21)19-14(10-22-2)11-5-6-11/h8-9,11,13-15H,3-7,10H2,1-2H3,(H2,18,19,21)/t13-,14+,15+/m0/s1. The van der Waals surface area contributed by atoms with Crippen LogP contribution in [0.5, 0.6) is 0 Å². The average Bonchev–Trinajstić information content (AvgIpc) is 3.29. The molecule has 1 saturated carbocycles. The molecule has 128 valence electrons. The lowest BCUT2D eigenvalue weighted by Gasteiger charge is -2.32. The van der Waals surface area contributed by atoms with Crippen molar-refractivity contribution in [2.45, 2.75) is 43.9 Å². The Labute approximate surface area is 136 Å². The highest BCUT2D eigenvalue weighted by atomic mass is 16.5. The highest BCUT2D eigenvalue weighted by Gasteiger charge is 2.34. The molecular weight excluding hydrogens is 296 g/mol. The van der Waals surface area contributed by atoms with Crippen LogP contribution < -0.4 is 10.6 Å². The first-order valence-corrected chi connectivity index (χ1v) is 8.33. The van der Waals surface area contributed by atoms with Gasteiger partial charge in [0.1, 0.15) is 6.10 Å². The van der Waals surface area contributed by atoms with Gasteiger partial charge in [0.2, 0.25) is 0 Å². The van der Waals surface area contributed by atoms with Gasteiger partial charge in [-0.15, -0.1) is 0 Å². The van der Waals surface area contributed by atoms with E-state index in [1.54, 1.807) is 18.0 Å². The Kier molecular flexibility index (Phi) is 5.17. The second-order valence-electron chi connectivity index (χ2n) is 6.50. The molecule has 1 saturated heterocycles. The van der Waals surface area contributed by atoms with Crippen LogP contribution in [-0.4, -0.2) is 48.2 Å². The van der Waals surface area contributed by atoms with E-state index in [2.05, 4.69) is 15.7 Å². The third-order valence-corrected chi connectivity index (χ3v) is 4.55. The number of nitrogens with one attached hydrogen (secondary N) is 2. The van der Waals surface area contributed by atoms with Gasteiger partial charge in [-0.2, -0.15) is 5.10 Å². The van der Waals surface area contributed by atoms with Crippen molar-refractivity contribution in [3.8, 4) is 0 Å². The van der Waals surface area contributed by atoms with Crippen molar-refractivity contribution in [3.05, 3.63) is 18.0 Å². The molecule has 3 atom stereocenters. The van der Waals surface area contributed by atoms with Crippen LogP contribution in [-0.2, 0) is 16.5 Å². The summed E-state index contributed by atoms with van der Waals surface area (Å²) in [5.41, 5.74) is 1.01. The van der Waals surface area contributed by atoms with E-state index in [-0.39, 0.29) is 24.2 Å². The van der Waals surface area contributed by atoms with Crippen LogP contribution in [0.25, 0.3) is 0 Å². The fourth-order valence-electron chi connectivity index (χ4n) is 3.20. The molecule has 7 nitrogen and oxygen atoms in total. The number of aromatic nitrogens is 2. The van der Waals surface area contributed by atoms with Crippen molar-refractivity contribution in [1.29, 1.82) is 0 Å². The number of amides is 2. The fraction of sp³-hybridized carbons (Fsp3) is 0.750. The number of nitrogens with zero attached hydrogens (tertiary/aromatic N) is 2. The number of urea groups is 1. The molecule has 23 heavy (non-hydrogen) atoms. The molecule has 0 radical (unpaired) electrons. The van der Waals surface area contributed by atoms with Gasteiger partial charge in [-0.1, -0.05) is 0 Å². The molecule has 2 N–H and O–H groups in total. The van der Waals surface area contributed by atoms with Crippen molar-refractivity contribution in [2.75, 3.05) is 20.3 Å². The Bertz CT molecular complexity index is 529. The third kappa shape index (κ3) is 4.23. The molecule has 0 bridgehead atoms. The SMILES string of the molecule is COC[C@@H](NC(=O)N[C@H]1CCCO[C@@H]1c1cnn(C)c1)C1CC1.